The maximum atomic E-state index is 12.3. The van der Waals surface area contributed by atoms with Gasteiger partial charge in [-0.25, -0.2) is 13.1 Å². The molecule has 0 aromatic heterocycles. The second-order valence-electron chi connectivity index (χ2n) is 5.38. The van der Waals surface area contributed by atoms with Crippen LogP contribution in [0.5, 0.6) is 0 Å². The van der Waals surface area contributed by atoms with Crippen LogP contribution in [-0.4, -0.2) is 26.7 Å². The van der Waals surface area contributed by atoms with Crippen molar-refractivity contribution in [3.8, 4) is 0 Å². The van der Waals surface area contributed by atoms with E-state index in [9.17, 15) is 8.42 Å². The average Bonchev–Trinajstić information content (AvgIpc) is 2.89. The summed E-state index contributed by atoms with van der Waals surface area (Å²) >= 11 is 0. The number of sulfonamides is 1. The first-order chi connectivity index (χ1) is 8.95. The Morgan fingerprint density at radius 3 is 2.74 bits per heavy atom. The monoisotopic (exact) mass is 282 g/mol. The van der Waals surface area contributed by atoms with Crippen LogP contribution in [0, 0.1) is 6.92 Å². The summed E-state index contributed by atoms with van der Waals surface area (Å²) in [5, 5.41) is 0. The highest BCUT2D eigenvalue weighted by atomic mass is 32.2. The number of aryl methyl sites for hydroxylation is 1. The molecule has 19 heavy (non-hydrogen) atoms. The predicted octanol–water partition coefficient (Wildman–Crippen LogP) is 1.18. The third kappa shape index (κ3) is 2.35. The molecule has 2 saturated heterocycles. The maximum Gasteiger partial charge on any atom is 0.242 e. The van der Waals surface area contributed by atoms with Crippen molar-refractivity contribution in [2.45, 2.75) is 49.3 Å². The van der Waals surface area contributed by atoms with Crippen LogP contribution in [0.15, 0.2) is 23.1 Å². The summed E-state index contributed by atoms with van der Waals surface area (Å²) in [5.74, 6) is 0. The van der Waals surface area contributed by atoms with Crippen LogP contribution in [0.2, 0.25) is 0 Å². The van der Waals surface area contributed by atoms with E-state index in [1.54, 1.807) is 18.2 Å². The van der Waals surface area contributed by atoms with E-state index in [2.05, 4.69) is 4.72 Å². The highest BCUT2D eigenvalue weighted by Crippen LogP contribution is 2.35. The van der Waals surface area contributed by atoms with Gasteiger partial charge >= 0.3 is 0 Å². The molecule has 2 aliphatic heterocycles. The molecule has 0 radical (unpaired) electrons. The van der Waals surface area contributed by atoms with Crippen LogP contribution < -0.4 is 10.5 Å². The summed E-state index contributed by atoms with van der Waals surface area (Å²) in [4.78, 5) is 0.154. The fourth-order valence-corrected chi connectivity index (χ4v) is 4.33. The second kappa shape index (κ2) is 4.47. The van der Waals surface area contributed by atoms with E-state index >= 15 is 0 Å². The van der Waals surface area contributed by atoms with Gasteiger partial charge in [0.15, 0.2) is 0 Å². The number of fused-ring (bicyclic) bond motifs is 2. The zero-order valence-corrected chi connectivity index (χ0v) is 11.6. The quantitative estimate of drug-likeness (QED) is 0.816. The molecule has 3 atom stereocenters. The molecule has 3 unspecified atom stereocenters. The SMILES string of the molecule is Cc1ccc(S(=O)(=O)NC2CC3CCC2O3)c(N)c1. The molecule has 3 rings (SSSR count). The van der Waals surface area contributed by atoms with E-state index in [1.165, 1.54) is 0 Å². The van der Waals surface area contributed by atoms with Gasteiger partial charge in [0.25, 0.3) is 0 Å². The Kier molecular flexibility index (Phi) is 3.03. The summed E-state index contributed by atoms with van der Waals surface area (Å²) in [6.45, 7) is 1.88. The minimum Gasteiger partial charge on any atom is -0.398 e. The standard InChI is InChI=1S/C13H18N2O3S/c1-8-2-5-13(10(14)6-8)19(16,17)15-11-7-9-3-4-12(11)18-9/h2,5-6,9,11-12,15H,3-4,7,14H2,1H3. The number of ether oxygens (including phenoxy) is 1. The lowest BCUT2D eigenvalue weighted by Crippen LogP contribution is -2.41. The summed E-state index contributed by atoms with van der Waals surface area (Å²) in [6.07, 6.45) is 2.96. The van der Waals surface area contributed by atoms with Gasteiger partial charge < -0.3 is 10.5 Å². The van der Waals surface area contributed by atoms with Crippen molar-refractivity contribution >= 4 is 15.7 Å². The number of nitrogen functional groups attached to an aromatic ring is 1. The first kappa shape index (κ1) is 12.9. The molecular weight excluding hydrogens is 264 g/mol. The smallest absolute Gasteiger partial charge is 0.242 e. The van der Waals surface area contributed by atoms with Gasteiger partial charge in [0.1, 0.15) is 4.90 Å². The largest absolute Gasteiger partial charge is 0.398 e. The van der Waals surface area contributed by atoms with Gasteiger partial charge in [-0.15, -0.1) is 0 Å². The van der Waals surface area contributed by atoms with E-state index in [-0.39, 0.29) is 28.8 Å². The second-order valence-corrected chi connectivity index (χ2v) is 7.06. The zero-order chi connectivity index (χ0) is 13.6. The van der Waals surface area contributed by atoms with Crippen LogP contribution in [0.1, 0.15) is 24.8 Å². The van der Waals surface area contributed by atoms with Crippen LogP contribution in [0.3, 0.4) is 0 Å². The van der Waals surface area contributed by atoms with Crippen molar-refractivity contribution in [1.82, 2.24) is 4.72 Å². The van der Waals surface area contributed by atoms with Gasteiger partial charge in [-0.2, -0.15) is 0 Å². The highest BCUT2D eigenvalue weighted by Gasteiger charge is 2.42. The van der Waals surface area contributed by atoms with Gasteiger partial charge in [0.2, 0.25) is 10.0 Å². The summed E-state index contributed by atoms with van der Waals surface area (Å²) in [6, 6.07) is 4.86. The molecule has 2 fully saturated rings. The van der Waals surface area contributed by atoms with Crippen molar-refractivity contribution in [2.75, 3.05) is 5.73 Å². The van der Waals surface area contributed by atoms with Crippen molar-refractivity contribution in [3.05, 3.63) is 23.8 Å². The molecule has 104 valence electrons. The topological polar surface area (TPSA) is 81.4 Å². The zero-order valence-electron chi connectivity index (χ0n) is 10.8. The van der Waals surface area contributed by atoms with Gasteiger partial charge in [-0.05, 0) is 43.9 Å². The fourth-order valence-electron chi connectivity index (χ4n) is 2.94. The van der Waals surface area contributed by atoms with Crippen molar-refractivity contribution in [1.29, 1.82) is 0 Å². The lowest BCUT2D eigenvalue weighted by atomic mass is 9.96. The fraction of sp³-hybridized carbons (Fsp3) is 0.538. The van der Waals surface area contributed by atoms with Crippen molar-refractivity contribution < 1.29 is 13.2 Å². The molecule has 5 nitrogen and oxygen atoms in total. The molecule has 0 aliphatic carbocycles. The van der Waals surface area contributed by atoms with Crippen LogP contribution in [-0.2, 0) is 14.8 Å². The minimum absolute atomic E-state index is 0.0199. The van der Waals surface area contributed by atoms with E-state index in [0.29, 0.717) is 0 Å². The van der Waals surface area contributed by atoms with Crippen LogP contribution in [0.4, 0.5) is 5.69 Å². The Hall–Kier alpha value is -1.11. The molecule has 1 aromatic carbocycles. The van der Waals surface area contributed by atoms with Gasteiger partial charge in [0, 0.05) is 0 Å². The van der Waals surface area contributed by atoms with Crippen molar-refractivity contribution in [2.24, 2.45) is 0 Å². The summed E-state index contributed by atoms with van der Waals surface area (Å²) in [5.41, 5.74) is 7.04. The highest BCUT2D eigenvalue weighted by molar-refractivity contribution is 7.89. The molecule has 0 amide bonds. The van der Waals surface area contributed by atoms with Gasteiger partial charge in [0.05, 0.1) is 23.9 Å². The lowest BCUT2D eigenvalue weighted by molar-refractivity contribution is 0.0996. The molecule has 1 aromatic rings. The summed E-state index contributed by atoms with van der Waals surface area (Å²) < 4.78 is 33.1. The minimum atomic E-state index is -3.57. The van der Waals surface area contributed by atoms with E-state index in [0.717, 1.165) is 24.8 Å². The molecule has 3 N–H and O–H groups in total. The number of nitrogens with two attached hydrogens (primary N) is 1. The van der Waals surface area contributed by atoms with E-state index in [1.807, 2.05) is 6.92 Å². The Morgan fingerprint density at radius 2 is 2.16 bits per heavy atom. The number of rotatable bonds is 3. The average molecular weight is 282 g/mol. The number of hydrogen-bond donors (Lipinski definition) is 2. The molecule has 0 saturated carbocycles. The Bertz CT molecular complexity index is 600. The van der Waals surface area contributed by atoms with E-state index in [4.69, 9.17) is 10.5 Å². The molecule has 2 heterocycles. The van der Waals surface area contributed by atoms with Gasteiger partial charge in [-0.1, -0.05) is 6.07 Å². The summed E-state index contributed by atoms with van der Waals surface area (Å²) in [7, 11) is -3.57. The number of benzene rings is 1. The number of nitrogens with one attached hydrogen (secondary N) is 1. The number of anilines is 1. The van der Waals surface area contributed by atoms with Crippen LogP contribution >= 0.6 is 0 Å². The first-order valence-electron chi connectivity index (χ1n) is 6.49. The van der Waals surface area contributed by atoms with E-state index < -0.39 is 10.0 Å². The first-order valence-corrected chi connectivity index (χ1v) is 7.98. The lowest BCUT2D eigenvalue weighted by Gasteiger charge is -2.20. The molecular formula is C13H18N2O3S. The maximum absolute atomic E-state index is 12.3. The molecule has 6 heteroatoms. The van der Waals surface area contributed by atoms with Crippen molar-refractivity contribution in [3.63, 3.8) is 0 Å². The van der Waals surface area contributed by atoms with Crippen LogP contribution in [0.25, 0.3) is 0 Å². The third-order valence-electron chi connectivity index (χ3n) is 3.87. The Morgan fingerprint density at radius 1 is 1.37 bits per heavy atom. The normalized spacial score (nSPS) is 29.8. The molecule has 2 bridgehead atoms. The number of hydrogen-bond acceptors (Lipinski definition) is 4. The van der Waals surface area contributed by atoms with Gasteiger partial charge in [-0.3, -0.25) is 0 Å². The molecule has 0 spiro atoms. The third-order valence-corrected chi connectivity index (χ3v) is 5.43. The Balaban J connectivity index is 1.83. The molecule has 2 aliphatic rings. The predicted molar refractivity (Wildman–Crippen MR) is 72.2 cm³/mol. The Labute approximate surface area is 113 Å².